The van der Waals surface area contributed by atoms with Gasteiger partial charge in [-0.15, -0.1) is 22.7 Å². The minimum Gasteiger partial charge on any atom is -0.469 e. The predicted molar refractivity (Wildman–Crippen MR) is 79.0 cm³/mol. The van der Waals surface area contributed by atoms with Crippen LogP contribution < -0.4 is 5.32 Å². The van der Waals surface area contributed by atoms with Gasteiger partial charge in [0, 0.05) is 11.4 Å². The molecule has 1 unspecified atom stereocenters. The van der Waals surface area contributed by atoms with Crippen molar-refractivity contribution in [3.8, 4) is 9.88 Å². The SMILES string of the molecule is COC(=O)CC(C)NC(=O)c1csc(-c2cccs2)n1. The molecule has 0 saturated carbocycles. The highest BCUT2D eigenvalue weighted by Gasteiger charge is 2.16. The largest absolute Gasteiger partial charge is 0.469 e. The molecule has 0 radical (unpaired) electrons. The fourth-order valence-electron chi connectivity index (χ4n) is 1.57. The first-order valence-corrected chi connectivity index (χ1v) is 7.73. The molecule has 20 heavy (non-hydrogen) atoms. The fourth-order valence-corrected chi connectivity index (χ4v) is 3.19. The highest BCUT2D eigenvalue weighted by Crippen LogP contribution is 2.27. The Morgan fingerprint density at radius 2 is 2.25 bits per heavy atom. The zero-order valence-electron chi connectivity index (χ0n) is 11.1. The molecule has 0 aliphatic rings. The van der Waals surface area contributed by atoms with Crippen LogP contribution in [0.4, 0.5) is 0 Å². The predicted octanol–water partition coefficient (Wildman–Crippen LogP) is 2.55. The van der Waals surface area contributed by atoms with Gasteiger partial charge in [0.2, 0.25) is 0 Å². The average molecular weight is 310 g/mol. The number of hydrogen-bond donors (Lipinski definition) is 1. The maximum Gasteiger partial charge on any atom is 0.307 e. The van der Waals surface area contributed by atoms with E-state index in [0.29, 0.717) is 5.69 Å². The minimum absolute atomic E-state index is 0.143. The fraction of sp³-hybridized carbons (Fsp3) is 0.308. The molecular formula is C13H14N2O3S2. The van der Waals surface area contributed by atoms with Gasteiger partial charge in [0.1, 0.15) is 10.7 Å². The molecule has 2 aromatic rings. The molecule has 7 heteroatoms. The molecule has 5 nitrogen and oxygen atoms in total. The summed E-state index contributed by atoms with van der Waals surface area (Å²) >= 11 is 3.01. The lowest BCUT2D eigenvalue weighted by Gasteiger charge is -2.11. The van der Waals surface area contributed by atoms with Crippen LogP contribution in [0, 0.1) is 0 Å². The molecule has 0 saturated heterocycles. The Balaban J connectivity index is 1.98. The summed E-state index contributed by atoms with van der Waals surface area (Å²) in [6, 6.07) is 3.62. The summed E-state index contributed by atoms with van der Waals surface area (Å²) < 4.78 is 4.56. The number of thiophene rings is 1. The summed E-state index contributed by atoms with van der Waals surface area (Å²) in [4.78, 5) is 28.5. The van der Waals surface area contributed by atoms with Gasteiger partial charge in [0.25, 0.3) is 5.91 Å². The molecule has 2 aromatic heterocycles. The van der Waals surface area contributed by atoms with Crippen LogP contribution in [0.3, 0.4) is 0 Å². The number of thiazole rings is 1. The summed E-state index contributed by atoms with van der Waals surface area (Å²) in [6.45, 7) is 1.75. The monoisotopic (exact) mass is 310 g/mol. The smallest absolute Gasteiger partial charge is 0.307 e. The lowest BCUT2D eigenvalue weighted by molar-refractivity contribution is -0.141. The van der Waals surface area contributed by atoms with E-state index in [1.807, 2.05) is 17.5 Å². The topological polar surface area (TPSA) is 68.3 Å². The lowest BCUT2D eigenvalue weighted by Crippen LogP contribution is -2.34. The first-order chi connectivity index (χ1) is 9.60. The summed E-state index contributed by atoms with van der Waals surface area (Å²) in [5, 5.41) is 7.24. The number of esters is 1. The maximum atomic E-state index is 12.0. The summed E-state index contributed by atoms with van der Waals surface area (Å²) in [5.74, 6) is -0.629. The number of hydrogen-bond acceptors (Lipinski definition) is 6. The molecule has 0 spiro atoms. The van der Waals surface area contributed by atoms with Gasteiger partial charge in [0.05, 0.1) is 18.4 Å². The van der Waals surface area contributed by atoms with Crippen LogP contribution in [0.25, 0.3) is 9.88 Å². The first-order valence-electron chi connectivity index (χ1n) is 5.97. The number of nitrogens with zero attached hydrogens (tertiary/aromatic N) is 1. The van der Waals surface area contributed by atoms with Crippen LogP contribution >= 0.6 is 22.7 Å². The summed E-state index contributed by atoms with van der Waals surface area (Å²) in [6.07, 6.45) is 0.143. The van der Waals surface area contributed by atoms with Crippen molar-refractivity contribution in [2.45, 2.75) is 19.4 Å². The third-order valence-corrected chi connectivity index (χ3v) is 4.43. The van der Waals surface area contributed by atoms with Crippen molar-refractivity contribution in [2.75, 3.05) is 7.11 Å². The first kappa shape index (κ1) is 14.7. The van der Waals surface area contributed by atoms with Crippen molar-refractivity contribution in [2.24, 2.45) is 0 Å². The lowest BCUT2D eigenvalue weighted by atomic mass is 10.2. The molecule has 0 aromatic carbocycles. The molecule has 1 amide bonds. The van der Waals surface area contributed by atoms with Crippen molar-refractivity contribution in [3.05, 3.63) is 28.6 Å². The van der Waals surface area contributed by atoms with E-state index in [1.54, 1.807) is 23.6 Å². The Labute approximate surface area is 124 Å². The number of aromatic nitrogens is 1. The van der Waals surface area contributed by atoms with Crippen molar-refractivity contribution in [1.82, 2.24) is 10.3 Å². The van der Waals surface area contributed by atoms with Gasteiger partial charge in [-0.1, -0.05) is 6.07 Å². The van der Waals surface area contributed by atoms with Gasteiger partial charge in [-0.05, 0) is 18.4 Å². The quantitative estimate of drug-likeness (QED) is 0.862. The zero-order chi connectivity index (χ0) is 14.5. The molecule has 2 rings (SSSR count). The molecule has 106 valence electrons. The molecule has 0 fully saturated rings. The van der Waals surface area contributed by atoms with E-state index in [4.69, 9.17) is 0 Å². The second-order valence-corrected chi connectivity index (χ2v) is 5.98. The van der Waals surface area contributed by atoms with Crippen LogP contribution in [-0.2, 0) is 9.53 Å². The van der Waals surface area contributed by atoms with Gasteiger partial charge < -0.3 is 10.1 Å². The highest BCUT2D eigenvalue weighted by atomic mass is 32.1. The third-order valence-electron chi connectivity index (χ3n) is 2.55. The molecular weight excluding hydrogens is 296 g/mol. The van der Waals surface area contributed by atoms with E-state index in [1.165, 1.54) is 18.4 Å². The Kier molecular flexibility index (Phi) is 4.86. The third kappa shape index (κ3) is 3.64. The number of carbonyl (C=O) groups is 2. The Bertz CT molecular complexity index is 593. The zero-order valence-corrected chi connectivity index (χ0v) is 12.7. The van der Waals surface area contributed by atoms with Crippen LogP contribution in [0.1, 0.15) is 23.8 Å². The van der Waals surface area contributed by atoms with Gasteiger partial charge in [0.15, 0.2) is 0 Å². The number of carbonyl (C=O) groups excluding carboxylic acids is 2. The van der Waals surface area contributed by atoms with Gasteiger partial charge in [-0.25, -0.2) is 4.98 Å². The Hall–Kier alpha value is -1.73. The van der Waals surface area contributed by atoms with E-state index < -0.39 is 0 Å². The van der Waals surface area contributed by atoms with Crippen LogP contribution in [0.2, 0.25) is 0 Å². The van der Waals surface area contributed by atoms with Crippen molar-refractivity contribution in [3.63, 3.8) is 0 Å². The maximum absolute atomic E-state index is 12.0. The minimum atomic E-state index is -0.352. The van der Waals surface area contributed by atoms with Crippen LogP contribution in [0.15, 0.2) is 22.9 Å². The van der Waals surface area contributed by atoms with Crippen molar-refractivity contribution >= 4 is 34.6 Å². The molecule has 1 N–H and O–H groups in total. The van der Waals surface area contributed by atoms with E-state index in [2.05, 4.69) is 15.0 Å². The molecule has 0 aliphatic heterocycles. The van der Waals surface area contributed by atoms with Gasteiger partial charge >= 0.3 is 5.97 Å². The van der Waals surface area contributed by atoms with Crippen LogP contribution in [0.5, 0.6) is 0 Å². The van der Waals surface area contributed by atoms with Crippen LogP contribution in [-0.4, -0.2) is 30.0 Å². The van der Waals surface area contributed by atoms with Gasteiger partial charge in [-0.3, -0.25) is 9.59 Å². The second kappa shape index (κ2) is 6.62. The number of ether oxygens (including phenoxy) is 1. The van der Waals surface area contributed by atoms with E-state index >= 15 is 0 Å². The average Bonchev–Trinajstić information content (AvgIpc) is 3.08. The standard InChI is InChI=1S/C13H14N2O3S2/c1-8(6-11(16)18-2)14-12(17)9-7-20-13(15-9)10-4-3-5-19-10/h3-5,7-8H,6H2,1-2H3,(H,14,17). The van der Waals surface area contributed by atoms with Gasteiger partial charge in [-0.2, -0.15) is 0 Å². The molecule has 2 heterocycles. The van der Waals surface area contributed by atoms with Crippen molar-refractivity contribution < 1.29 is 14.3 Å². The Morgan fingerprint density at radius 3 is 2.90 bits per heavy atom. The molecule has 0 bridgehead atoms. The number of amides is 1. The molecule has 1 atom stereocenters. The van der Waals surface area contributed by atoms with E-state index in [-0.39, 0.29) is 24.3 Å². The van der Waals surface area contributed by atoms with Crippen molar-refractivity contribution in [1.29, 1.82) is 0 Å². The Morgan fingerprint density at radius 1 is 1.45 bits per heavy atom. The normalized spacial score (nSPS) is 11.9. The number of rotatable bonds is 5. The number of nitrogens with one attached hydrogen (secondary N) is 1. The summed E-state index contributed by atoms with van der Waals surface area (Å²) in [5.41, 5.74) is 0.370. The molecule has 0 aliphatic carbocycles. The number of methoxy groups -OCH3 is 1. The highest BCUT2D eigenvalue weighted by molar-refractivity contribution is 7.20. The summed E-state index contributed by atoms with van der Waals surface area (Å²) in [7, 11) is 1.32. The van der Waals surface area contributed by atoms with E-state index in [0.717, 1.165) is 9.88 Å². The second-order valence-electron chi connectivity index (χ2n) is 4.17. The van der Waals surface area contributed by atoms with E-state index in [9.17, 15) is 9.59 Å².